The Morgan fingerprint density at radius 2 is 1.76 bits per heavy atom. The Bertz CT molecular complexity index is 1100. The van der Waals surface area contributed by atoms with E-state index in [0.29, 0.717) is 26.2 Å². The molecule has 0 saturated heterocycles. The molecule has 0 spiro atoms. The number of aromatic nitrogens is 1. The Labute approximate surface area is 200 Å². The fourth-order valence-electron chi connectivity index (χ4n) is 4.16. The normalized spacial score (nSPS) is 13.1. The van der Waals surface area contributed by atoms with Crippen LogP contribution in [-0.2, 0) is 27.3 Å². The molecule has 0 unspecified atom stereocenters. The van der Waals surface area contributed by atoms with Gasteiger partial charge in [0.25, 0.3) is 0 Å². The maximum Gasteiger partial charge on any atom is 0.242 e. The van der Waals surface area contributed by atoms with E-state index in [0.717, 1.165) is 36.1 Å². The third-order valence-electron chi connectivity index (χ3n) is 6.34. The molecule has 0 aliphatic heterocycles. The molecule has 7 heteroatoms. The molecule has 7 nitrogen and oxygen atoms in total. The van der Waals surface area contributed by atoms with Crippen molar-refractivity contribution in [3.8, 4) is 5.75 Å². The van der Waals surface area contributed by atoms with Crippen molar-refractivity contribution in [3.05, 3.63) is 65.9 Å². The van der Waals surface area contributed by atoms with Crippen LogP contribution in [0.25, 0.3) is 10.9 Å². The fourth-order valence-corrected chi connectivity index (χ4v) is 4.16. The van der Waals surface area contributed by atoms with E-state index in [-0.39, 0.29) is 24.3 Å². The van der Waals surface area contributed by atoms with E-state index in [1.54, 1.807) is 19.1 Å². The molecule has 1 heterocycles. The molecule has 0 radical (unpaired) electrons. The van der Waals surface area contributed by atoms with Crippen molar-refractivity contribution < 1.29 is 19.1 Å². The Hall–Kier alpha value is -3.32. The van der Waals surface area contributed by atoms with Gasteiger partial charge in [-0.1, -0.05) is 30.3 Å². The summed E-state index contributed by atoms with van der Waals surface area (Å²) in [6, 6.07) is 15.9. The lowest BCUT2D eigenvalue weighted by Crippen LogP contribution is -2.45. The highest BCUT2D eigenvalue weighted by Gasteiger charge is 2.34. The largest absolute Gasteiger partial charge is 0.497 e. The van der Waals surface area contributed by atoms with Crippen molar-refractivity contribution in [3.63, 3.8) is 0 Å². The van der Waals surface area contributed by atoms with Crippen molar-refractivity contribution in [2.45, 2.75) is 25.8 Å². The zero-order valence-electron chi connectivity index (χ0n) is 20.0. The maximum absolute atomic E-state index is 13.5. The standard InChI is InChI=1S/C27H33N3O4/c1-33-16-15-30(27(32)21-9-10-21)19-26(31)29(18-20-7-11-23(34-2)12-8-20)14-13-22-17-28-25-6-4-3-5-24(22)25/h3-8,11-12,17,21,28H,9-10,13-16,18-19H2,1-2H3. The molecule has 2 aromatic carbocycles. The number of fused-ring (bicyclic) bond motifs is 1. The number of benzene rings is 2. The number of ether oxygens (including phenoxy) is 2. The zero-order valence-corrected chi connectivity index (χ0v) is 20.0. The number of para-hydroxylation sites is 1. The van der Waals surface area contributed by atoms with E-state index < -0.39 is 0 Å². The van der Waals surface area contributed by atoms with Crippen molar-refractivity contribution in [2.24, 2.45) is 5.92 Å². The van der Waals surface area contributed by atoms with Gasteiger partial charge >= 0.3 is 0 Å². The third kappa shape index (κ3) is 5.97. The summed E-state index contributed by atoms with van der Waals surface area (Å²) in [7, 11) is 3.25. The van der Waals surface area contributed by atoms with Crippen LogP contribution < -0.4 is 4.74 Å². The smallest absolute Gasteiger partial charge is 0.242 e. The van der Waals surface area contributed by atoms with Crippen LogP contribution in [0.4, 0.5) is 0 Å². The highest BCUT2D eigenvalue weighted by Crippen LogP contribution is 2.31. The molecule has 0 bridgehead atoms. The van der Waals surface area contributed by atoms with Crippen LogP contribution in [0.15, 0.2) is 54.7 Å². The molecule has 1 saturated carbocycles. The maximum atomic E-state index is 13.5. The molecule has 1 aliphatic carbocycles. The number of hydrogen-bond donors (Lipinski definition) is 1. The average molecular weight is 464 g/mol. The van der Waals surface area contributed by atoms with E-state index in [1.807, 2.05) is 47.5 Å². The Morgan fingerprint density at radius 3 is 2.47 bits per heavy atom. The molecule has 0 atom stereocenters. The highest BCUT2D eigenvalue weighted by molar-refractivity contribution is 5.87. The van der Waals surface area contributed by atoms with Gasteiger partial charge in [-0.05, 0) is 48.6 Å². The zero-order chi connectivity index (χ0) is 23.9. The summed E-state index contributed by atoms with van der Waals surface area (Å²) in [5, 5.41) is 1.17. The monoisotopic (exact) mass is 463 g/mol. The van der Waals surface area contributed by atoms with Gasteiger partial charge in [0.2, 0.25) is 11.8 Å². The minimum atomic E-state index is -0.0548. The van der Waals surface area contributed by atoms with Crippen LogP contribution in [0.3, 0.4) is 0 Å². The summed E-state index contributed by atoms with van der Waals surface area (Å²) in [5.41, 5.74) is 3.28. The first-order valence-electron chi connectivity index (χ1n) is 11.8. The van der Waals surface area contributed by atoms with Crippen LogP contribution in [0, 0.1) is 5.92 Å². The topological polar surface area (TPSA) is 74.9 Å². The minimum Gasteiger partial charge on any atom is -0.497 e. The van der Waals surface area contributed by atoms with Gasteiger partial charge in [0.05, 0.1) is 20.3 Å². The molecular weight excluding hydrogens is 430 g/mol. The van der Waals surface area contributed by atoms with Gasteiger partial charge in [-0.15, -0.1) is 0 Å². The quantitative estimate of drug-likeness (QED) is 0.445. The molecule has 1 N–H and O–H groups in total. The molecular formula is C27H33N3O4. The van der Waals surface area contributed by atoms with Gasteiger partial charge in [-0.3, -0.25) is 9.59 Å². The third-order valence-corrected chi connectivity index (χ3v) is 6.34. The molecule has 1 aromatic heterocycles. The molecule has 34 heavy (non-hydrogen) atoms. The van der Waals surface area contributed by atoms with Gasteiger partial charge < -0.3 is 24.3 Å². The van der Waals surface area contributed by atoms with Crippen LogP contribution >= 0.6 is 0 Å². The van der Waals surface area contributed by atoms with Crippen LogP contribution in [0.1, 0.15) is 24.0 Å². The number of aromatic amines is 1. The molecule has 3 aromatic rings. The van der Waals surface area contributed by atoms with Crippen molar-refractivity contribution in [2.75, 3.05) is 40.5 Å². The molecule has 2 amide bonds. The van der Waals surface area contributed by atoms with E-state index in [9.17, 15) is 9.59 Å². The average Bonchev–Trinajstić information content (AvgIpc) is 3.64. The fraction of sp³-hybridized carbons (Fsp3) is 0.407. The summed E-state index contributed by atoms with van der Waals surface area (Å²) in [5.74, 6) is 0.847. The van der Waals surface area contributed by atoms with Crippen molar-refractivity contribution in [1.82, 2.24) is 14.8 Å². The van der Waals surface area contributed by atoms with Gasteiger partial charge in [-0.25, -0.2) is 0 Å². The van der Waals surface area contributed by atoms with Crippen LogP contribution in [0.5, 0.6) is 5.75 Å². The first-order chi connectivity index (χ1) is 16.6. The molecule has 1 aliphatic rings. The number of H-pyrrole nitrogens is 1. The number of amides is 2. The lowest BCUT2D eigenvalue weighted by Gasteiger charge is -2.28. The minimum absolute atomic E-state index is 0.0548. The van der Waals surface area contributed by atoms with E-state index in [2.05, 4.69) is 17.1 Å². The number of hydrogen-bond acceptors (Lipinski definition) is 4. The van der Waals surface area contributed by atoms with Gasteiger partial charge in [0.15, 0.2) is 0 Å². The Balaban J connectivity index is 1.49. The Morgan fingerprint density at radius 1 is 1.00 bits per heavy atom. The molecule has 180 valence electrons. The summed E-state index contributed by atoms with van der Waals surface area (Å²) in [6.45, 7) is 1.95. The molecule has 4 rings (SSSR count). The number of nitrogens with zero attached hydrogens (tertiary/aromatic N) is 2. The first kappa shape index (κ1) is 23.8. The first-order valence-corrected chi connectivity index (χ1v) is 11.8. The number of carbonyl (C=O) groups excluding carboxylic acids is 2. The van der Waals surface area contributed by atoms with Crippen LogP contribution in [0.2, 0.25) is 0 Å². The second kappa shape index (κ2) is 11.2. The van der Waals surface area contributed by atoms with Gasteiger partial charge in [0, 0.05) is 49.8 Å². The van der Waals surface area contributed by atoms with Gasteiger partial charge in [-0.2, -0.15) is 0 Å². The summed E-state index contributed by atoms with van der Waals surface area (Å²) in [6.07, 6.45) is 4.56. The van der Waals surface area contributed by atoms with Gasteiger partial charge in [0.1, 0.15) is 5.75 Å². The SMILES string of the molecule is COCCN(CC(=O)N(CCc1c[nH]c2ccccc12)Cc1ccc(OC)cc1)C(=O)C1CC1. The van der Waals surface area contributed by atoms with Crippen molar-refractivity contribution in [1.29, 1.82) is 0 Å². The number of carbonyl (C=O) groups is 2. The number of rotatable bonds is 12. The molecule has 1 fully saturated rings. The summed E-state index contributed by atoms with van der Waals surface area (Å²) in [4.78, 5) is 33.1. The second-order valence-corrected chi connectivity index (χ2v) is 8.80. The summed E-state index contributed by atoms with van der Waals surface area (Å²) >= 11 is 0. The Kier molecular flexibility index (Phi) is 7.85. The van der Waals surface area contributed by atoms with Crippen LogP contribution in [-0.4, -0.2) is 67.1 Å². The second-order valence-electron chi connectivity index (χ2n) is 8.80. The predicted molar refractivity (Wildman–Crippen MR) is 132 cm³/mol. The predicted octanol–water partition coefficient (Wildman–Crippen LogP) is 3.63. The highest BCUT2D eigenvalue weighted by atomic mass is 16.5. The lowest BCUT2D eigenvalue weighted by atomic mass is 10.1. The lowest BCUT2D eigenvalue weighted by molar-refractivity contribution is -0.142. The number of methoxy groups -OCH3 is 2. The van der Waals surface area contributed by atoms with E-state index in [1.165, 1.54) is 10.9 Å². The number of nitrogens with one attached hydrogen (secondary N) is 1. The van der Waals surface area contributed by atoms with E-state index in [4.69, 9.17) is 9.47 Å². The van der Waals surface area contributed by atoms with E-state index >= 15 is 0 Å². The summed E-state index contributed by atoms with van der Waals surface area (Å²) < 4.78 is 10.4. The van der Waals surface area contributed by atoms with Crippen molar-refractivity contribution >= 4 is 22.7 Å².